The Hall–Kier alpha value is 0.210. The van der Waals surface area contributed by atoms with E-state index in [0.717, 1.165) is 0 Å². The number of hydrogen-bond acceptors (Lipinski definition) is 2. The Morgan fingerprint density at radius 1 is 1.50 bits per heavy atom. The molecule has 0 bridgehead atoms. The highest BCUT2D eigenvalue weighted by molar-refractivity contribution is 6.21. The fourth-order valence-electron chi connectivity index (χ4n) is 0.519. The van der Waals surface area contributed by atoms with Crippen molar-refractivity contribution in [1.29, 1.82) is 0 Å². The van der Waals surface area contributed by atoms with Crippen molar-refractivity contribution in [2.45, 2.75) is 25.5 Å². The first-order chi connectivity index (χ1) is 3.42. The highest BCUT2D eigenvalue weighted by Crippen LogP contribution is 2.16. The Labute approximate surface area is 54.1 Å². The van der Waals surface area contributed by atoms with Crippen molar-refractivity contribution in [2.24, 2.45) is 5.92 Å². The standard InChI is InChI=1S/C5H11ClO2/c1-4(2)3-5(6,7)8/h4,7-8H,3H2,1-2H3. The maximum atomic E-state index is 8.51. The summed E-state index contributed by atoms with van der Waals surface area (Å²) in [5.41, 5.74) is 0. The summed E-state index contributed by atoms with van der Waals surface area (Å²) in [5.74, 6) is 0.211. The molecule has 0 spiro atoms. The van der Waals surface area contributed by atoms with Crippen molar-refractivity contribution in [3.05, 3.63) is 0 Å². The minimum atomic E-state index is -2.01. The highest BCUT2D eigenvalue weighted by atomic mass is 35.5. The van der Waals surface area contributed by atoms with E-state index in [1.54, 1.807) is 0 Å². The fourth-order valence-corrected chi connectivity index (χ4v) is 0.828. The summed E-state index contributed by atoms with van der Waals surface area (Å²) in [6.07, 6.45) is 0.203. The van der Waals surface area contributed by atoms with Gasteiger partial charge in [0.2, 0.25) is 5.25 Å². The SMILES string of the molecule is CC(C)CC(O)(O)Cl. The van der Waals surface area contributed by atoms with E-state index in [2.05, 4.69) is 0 Å². The number of rotatable bonds is 2. The van der Waals surface area contributed by atoms with E-state index in [-0.39, 0.29) is 12.3 Å². The third-order valence-corrected chi connectivity index (χ3v) is 0.822. The van der Waals surface area contributed by atoms with Gasteiger partial charge in [0, 0.05) is 6.42 Å². The van der Waals surface area contributed by atoms with Crippen molar-refractivity contribution in [1.82, 2.24) is 0 Å². The van der Waals surface area contributed by atoms with Crippen LogP contribution in [0, 0.1) is 5.92 Å². The van der Waals surface area contributed by atoms with Crippen LogP contribution < -0.4 is 0 Å². The first-order valence-electron chi connectivity index (χ1n) is 2.55. The number of hydrogen-bond donors (Lipinski definition) is 2. The van der Waals surface area contributed by atoms with Gasteiger partial charge < -0.3 is 10.2 Å². The Kier molecular flexibility index (Phi) is 2.74. The highest BCUT2D eigenvalue weighted by Gasteiger charge is 2.19. The second kappa shape index (κ2) is 2.67. The zero-order chi connectivity index (χ0) is 6.78. The normalized spacial score (nSPS) is 12.8. The summed E-state index contributed by atoms with van der Waals surface area (Å²) in [6.45, 7) is 3.73. The van der Waals surface area contributed by atoms with Crippen LogP contribution in [0.5, 0.6) is 0 Å². The van der Waals surface area contributed by atoms with Crippen LogP contribution in [0.4, 0.5) is 0 Å². The van der Waals surface area contributed by atoms with Gasteiger partial charge in [-0.3, -0.25) is 0 Å². The second-order valence-corrected chi connectivity index (χ2v) is 2.92. The molecule has 0 saturated carbocycles. The van der Waals surface area contributed by atoms with Crippen LogP contribution in [0.25, 0.3) is 0 Å². The average Bonchev–Trinajstić information content (AvgIpc) is 1.21. The molecule has 0 aromatic heterocycles. The maximum absolute atomic E-state index is 8.51. The zero-order valence-corrected chi connectivity index (χ0v) is 5.81. The van der Waals surface area contributed by atoms with Crippen molar-refractivity contribution in [3.63, 3.8) is 0 Å². The molecule has 0 fully saturated rings. The Morgan fingerprint density at radius 2 is 1.88 bits per heavy atom. The Balaban J connectivity index is 3.39. The summed E-state index contributed by atoms with van der Waals surface area (Å²) in [7, 11) is 0. The first-order valence-corrected chi connectivity index (χ1v) is 2.93. The lowest BCUT2D eigenvalue weighted by Crippen LogP contribution is -2.21. The molecule has 0 aromatic rings. The van der Waals surface area contributed by atoms with Gasteiger partial charge in [0.15, 0.2) is 0 Å². The van der Waals surface area contributed by atoms with E-state index < -0.39 is 5.25 Å². The van der Waals surface area contributed by atoms with E-state index in [9.17, 15) is 0 Å². The van der Waals surface area contributed by atoms with Gasteiger partial charge >= 0.3 is 0 Å². The van der Waals surface area contributed by atoms with Gasteiger partial charge in [-0.1, -0.05) is 25.4 Å². The number of halogens is 1. The molecule has 2 N–H and O–H groups in total. The monoisotopic (exact) mass is 138 g/mol. The van der Waals surface area contributed by atoms with Gasteiger partial charge in [0.25, 0.3) is 0 Å². The third-order valence-electron chi connectivity index (χ3n) is 0.668. The zero-order valence-electron chi connectivity index (χ0n) is 5.06. The summed E-state index contributed by atoms with van der Waals surface area (Å²) in [6, 6.07) is 0. The topological polar surface area (TPSA) is 40.5 Å². The molecular weight excluding hydrogens is 128 g/mol. The molecule has 3 heteroatoms. The maximum Gasteiger partial charge on any atom is 0.243 e. The van der Waals surface area contributed by atoms with Crippen LogP contribution in [-0.4, -0.2) is 15.5 Å². The van der Waals surface area contributed by atoms with Crippen molar-refractivity contribution in [3.8, 4) is 0 Å². The molecule has 0 amide bonds. The third kappa shape index (κ3) is 6.21. The van der Waals surface area contributed by atoms with Crippen LogP contribution in [0.1, 0.15) is 20.3 Å². The summed E-state index contributed by atoms with van der Waals surface area (Å²) in [5, 5.41) is 15.0. The average molecular weight is 139 g/mol. The molecule has 0 saturated heterocycles. The summed E-state index contributed by atoms with van der Waals surface area (Å²) in [4.78, 5) is 0. The molecule has 0 aliphatic rings. The van der Waals surface area contributed by atoms with Crippen LogP contribution in [0.15, 0.2) is 0 Å². The van der Waals surface area contributed by atoms with Crippen molar-refractivity contribution in [2.75, 3.05) is 0 Å². The second-order valence-electron chi connectivity index (χ2n) is 2.32. The molecule has 0 unspecified atom stereocenters. The van der Waals surface area contributed by atoms with E-state index in [1.165, 1.54) is 0 Å². The Bertz CT molecular complexity index is 65.3. The quantitative estimate of drug-likeness (QED) is 0.440. The number of aliphatic hydroxyl groups is 2. The molecule has 8 heavy (non-hydrogen) atoms. The summed E-state index contributed by atoms with van der Waals surface area (Å²) < 4.78 is 0. The van der Waals surface area contributed by atoms with E-state index in [1.807, 2.05) is 13.8 Å². The predicted molar refractivity (Wildman–Crippen MR) is 32.5 cm³/mol. The number of alkyl halides is 1. The van der Waals surface area contributed by atoms with Gasteiger partial charge in [-0.05, 0) is 5.92 Å². The Morgan fingerprint density at radius 3 is 1.88 bits per heavy atom. The molecule has 0 aromatic carbocycles. The van der Waals surface area contributed by atoms with Crippen LogP contribution >= 0.6 is 11.6 Å². The lowest BCUT2D eigenvalue weighted by atomic mass is 10.1. The minimum absolute atomic E-state index is 0.203. The van der Waals surface area contributed by atoms with E-state index in [0.29, 0.717) is 0 Å². The molecule has 0 atom stereocenters. The van der Waals surface area contributed by atoms with Crippen LogP contribution in [0.3, 0.4) is 0 Å². The molecule has 0 rings (SSSR count). The lowest BCUT2D eigenvalue weighted by molar-refractivity contribution is -0.0967. The predicted octanol–water partition coefficient (Wildman–Crippen LogP) is 0.910. The molecule has 0 radical (unpaired) electrons. The minimum Gasteiger partial charge on any atom is -0.353 e. The van der Waals surface area contributed by atoms with Gasteiger partial charge in [0.1, 0.15) is 0 Å². The van der Waals surface area contributed by atoms with Crippen molar-refractivity contribution >= 4 is 11.6 Å². The smallest absolute Gasteiger partial charge is 0.243 e. The van der Waals surface area contributed by atoms with Gasteiger partial charge in [-0.25, -0.2) is 0 Å². The van der Waals surface area contributed by atoms with Crippen LogP contribution in [-0.2, 0) is 0 Å². The lowest BCUT2D eigenvalue weighted by Gasteiger charge is -2.14. The largest absolute Gasteiger partial charge is 0.353 e. The first kappa shape index (κ1) is 8.21. The van der Waals surface area contributed by atoms with E-state index in [4.69, 9.17) is 21.8 Å². The van der Waals surface area contributed by atoms with Crippen LogP contribution in [0.2, 0.25) is 0 Å². The fraction of sp³-hybridized carbons (Fsp3) is 1.00. The molecule has 2 nitrogen and oxygen atoms in total. The van der Waals surface area contributed by atoms with Gasteiger partial charge in [0.05, 0.1) is 0 Å². The van der Waals surface area contributed by atoms with E-state index >= 15 is 0 Å². The van der Waals surface area contributed by atoms with Gasteiger partial charge in [-0.15, -0.1) is 0 Å². The molecule has 0 aliphatic carbocycles. The molecular formula is C5H11ClO2. The van der Waals surface area contributed by atoms with Crippen molar-refractivity contribution < 1.29 is 10.2 Å². The van der Waals surface area contributed by atoms with Gasteiger partial charge in [-0.2, -0.15) is 0 Å². The molecule has 0 aliphatic heterocycles. The molecule has 0 heterocycles. The molecule has 50 valence electrons. The summed E-state index contributed by atoms with van der Waals surface area (Å²) >= 11 is 5.04.